The van der Waals surface area contributed by atoms with Gasteiger partial charge in [0.1, 0.15) is 5.69 Å². The summed E-state index contributed by atoms with van der Waals surface area (Å²) >= 11 is 0. The third-order valence-corrected chi connectivity index (χ3v) is 2.62. The van der Waals surface area contributed by atoms with E-state index in [4.69, 9.17) is 4.74 Å². The molecule has 2 heterocycles. The Bertz CT molecular complexity index is 530. The zero-order valence-electron chi connectivity index (χ0n) is 10.5. The van der Waals surface area contributed by atoms with Crippen molar-refractivity contribution in [1.82, 2.24) is 19.5 Å². The largest absolute Gasteiger partial charge is 0.466 e. The average molecular weight is 248 g/mol. The number of aromatic nitrogens is 4. The minimum atomic E-state index is -0.198. The fourth-order valence-electron chi connectivity index (χ4n) is 1.74. The van der Waals surface area contributed by atoms with Gasteiger partial charge in [-0.05, 0) is 13.8 Å². The molecule has 6 heteroatoms. The van der Waals surface area contributed by atoms with Crippen LogP contribution in [0.5, 0.6) is 0 Å². The third-order valence-electron chi connectivity index (χ3n) is 2.62. The van der Waals surface area contributed by atoms with E-state index in [2.05, 4.69) is 15.0 Å². The number of hydrogen-bond donors (Lipinski definition) is 1. The molecule has 2 aromatic rings. The van der Waals surface area contributed by atoms with Crippen molar-refractivity contribution in [2.24, 2.45) is 0 Å². The number of hydrogen-bond acceptors (Lipinski definition) is 4. The molecule has 0 saturated heterocycles. The summed E-state index contributed by atoms with van der Waals surface area (Å²) in [5, 5.41) is 0. The molecule has 0 aromatic carbocycles. The lowest BCUT2D eigenvalue weighted by atomic mass is 10.3. The van der Waals surface area contributed by atoms with E-state index in [1.54, 1.807) is 19.4 Å². The topological polar surface area (TPSA) is 72.8 Å². The van der Waals surface area contributed by atoms with E-state index < -0.39 is 0 Å². The first kappa shape index (κ1) is 12.3. The molecule has 0 amide bonds. The molecule has 1 N–H and O–H groups in total. The zero-order valence-corrected chi connectivity index (χ0v) is 10.5. The monoisotopic (exact) mass is 248 g/mol. The Labute approximate surface area is 105 Å². The highest BCUT2D eigenvalue weighted by atomic mass is 16.5. The van der Waals surface area contributed by atoms with Crippen molar-refractivity contribution in [3.05, 3.63) is 24.4 Å². The van der Waals surface area contributed by atoms with Crippen LogP contribution < -0.4 is 0 Å². The van der Waals surface area contributed by atoms with Gasteiger partial charge in [-0.1, -0.05) is 0 Å². The predicted octanol–water partition coefficient (Wildman–Crippen LogP) is 1.53. The Morgan fingerprint density at radius 1 is 1.50 bits per heavy atom. The highest BCUT2D eigenvalue weighted by molar-refractivity contribution is 5.69. The van der Waals surface area contributed by atoms with Crippen molar-refractivity contribution >= 4 is 5.97 Å². The molecular formula is C12H16N4O2. The number of H-pyrrole nitrogens is 1. The second-order valence-electron chi connectivity index (χ2n) is 3.88. The molecule has 96 valence electrons. The number of nitrogens with one attached hydrogen (secondary N) is 1. The van der Waals surface area contributed by atoms with Gasteiger partial charge in [0.25, 0.3) is 0 Å². The second kappa shape index (κ2) is 5.48. The van der Waals surface area contributed by atoms with Crippen molar-refractivity contribution in [2.45, 2.75) is 26.8 Å². The molecule has 0 unspecified atom stereocenters. The van der Waals surface area contributed by atoms with Crippen LogP contribution in [-0.4, -0.2) is 32.1 Å². The van der Waals surface area contributed by atoms with Crippen LogP contribution in [0.25, 0.3) is 11.5 Å². The first-order chi connectivity index (χ1) is 8.72. The number of rotatable bonds is 5. The van der Waals surface area contributed by atoms with E-state index >= 15 is 0 Å². The minimum absolute atomic E-state index is 0.198. The molecule has 2 aromatic heterocycles. The number of carbonyl (C=O) groups is 1. The van der Waals surface area contributed by atoms with Gasteiger partial charge in [0, 0.05) is 24.6 Å². The maximum absolute atomic E-state index is 11.3. The summed E-state index contributed by atoms with van der Waals surface area (Å²) in [5.41, 5.74) is 1.77. The van der Waals surface area contributed by atoms with E-state index in [9.17, 15) is 4.79 Å². The van der Waals surface area contributed by atoms with E-state index in [-0.39, 0.29) is 5.97 Å². The Morgan fingerprint density at radius 3 is 3.00 bits per heavy atom. The molecule has 0 aliphatic heterocycles. The second-order valence-corrected chi connectivity index (χ2v) is 3.88. The summed E-state index contributed by atoms with van der Waals surface area (Å²) in [6.45, 7) is 4.69. The number of nitrogens with zero attached hydrogens (tertiary/aromatic N) is 3. The molecule has 0 bridgehead atoms. The average Bonchev–Trinajstić information content (AvgIpc) is 2.95. The molecule has 0 atom stereocenters. The van der Waals surface area contributed by atoms with Gasteiger partial charge in [0.15, 0.2) is 5.82 Å². The van der Waals surface area contributed by atoms with Crippen molar-refractivity contribution in [1.29, 1.82) is 0 Å². The lowest BCUT2D eigenvalue weighted by Crippen LogP contribution is -2.09. The van der Waals surface area contributed by atoms with Crippen LogP contribution >= 0.6 is 0 Å². The van der Waals surface area contributed by atoms with Gasteiger partial charge in [-0.25, -0.2) is 9.97 Å². The number of imidazole rings is 2. The molecule has 0 radical (unpaired) electrons. The molecule has 18 heavy (non-hydrogen) atoms. The standard InChI is InChI=1S/C12H16N4O2/c1-3-18-10(17)4-6-16-7-5-13-12(16)11-9(2)14-8-15-11/h5,7-8H,3-4,6H2,1-2H3,(H,14,15). The Hall–Kier alpha value is -2.11. The highest BCUT2D eigenvalue weighted by Gasteiger charge is 2.12. The van der Waals surface area contributed by atoms with Crippen molar-refractivity contribution in [3.8, 4) is 11.5 Å². The van der Waals surface area contributed by atoms with Gasteiger partial charge in [-0.15, -0.1) is 0 Å². The van der Waals surface area contributed by atoms with Crippen LogP contribution in [0.1, 0.15) is 19.0 Å². The number of carbonyl (C=O) groups excluding carboxylic acids is 1. The zero-order chi connectivity index (χ0) is 13.0. The SMILES string of the molecule is CCOC(=O)CCn1ccnc1-c1nc[nH]c1C. The maximum Gasteiger partial charge on any atom is 0.307 e. The summed E-state index contributed by atoms with van der Waals surface area (Å²) in [4.78, 5) is 22.8. The van der Waals surface area contributed by atoms with Gasteiger partial charge < -0.3 is 14.3 Å². The van der Waals surface area contributed by atoms with E-state index in [0.717, 1.165) is 17.2 Å². The molecule has 0 fully saturated rings. The first-order valence-electron chi connectivity index (χ1n) is 5.89. The van der Waals surface area contributed by atoms with Crippen LogP contribution in [0.15, 0.2) is 18.7 Å². The number of aromatic amines is 1. The van der Waals surface area contributed by atoms with Crippen molar-refractivity contribution in [3.63, 3.8) is 0 Å². The van der Waals surface area contributed by atoms with Gasteiger partial charge in [-0.2, -0.15) is 0 Å². The summed E-state index contributed by atoms with van der Waals surface area (Å²) < 4.78 is 6.80. The lowest BCUT2D eigenvalue weighted by Gasteiger charge is -2.06. The fourth-order valence-corrected chi connectivity index (χ4v) is 1.74. The van der Waals surface area contributed by atoms with Crippen molar-refractivity contribution < 1.29 is 9.53 Å². The Kier molecular flexibility index (Phi) is 3.76. The molecule has 0 aliphatic rings. The Morgan fingerprint density at radius 2 is 2.33 bits per heavy atom. The smallest absolute Gasteiger partial charge is 0.307 e. The first-order valence-corrected chi connectivity index (χ1v) is 5.89. The molecule has 0 aliphatic carbocycles. The maximum atomic E-state index is 11.3. The summed E-state index contributed by atoms with van der Waals surface area (Å²) in [5.74, 6) is 0.564. The van der Waals surface area contributed by atoms with Crippen LogP contribution in [0.3, 0.4) is 0 Å². The van der Waals surface area contributed by atoms with Gasteiger partial charge >= 0.3 is 5.97 Å². The van der Waals surface area contributed by atoms with E-state index in [1.165, 1.54) is 0 Å². The molecular weight excluding hydrogens is 232 g/mol. The summed E-state index contributed by atoms with van der Waals surface area (Å²) in [6.07, 6.45) is 5.51. The summed E-state index contributed by atoms with van der Waals surface area (Å²) in [6, 6.07) is 0. The van der Waals surface area contributed by atoms with Gasteiger partial charge in [-0.3, -0.25) is 4.79 Å². The number of esters is 1. The molecule has 6 nitrogen and oxygen atoms in total. The van der Waals surface area contributed by atoms with E-state index in [1.807, 2.05) is 17.7 Å². The van der Waals surface area contributed by atoms with Crippen molar-refractivity contribution in [2.75, 3.05) is 6.61 Å². The molecule has 2 rings (SSSR count). The third kappa shape index (κ3) is 2.58. The predicted molar refractivity (Wildman–Crippen MR) is 65.8 cm³/mol. The minimum Gasteiger partial charge on any atom is -0.466 e. The fraction of sp³-hybridized carbons (Fsp3) is 0.417. The molecule has 0 saturated carbocycles. The van der Waals surface area contributed by atoms with Crippen LogP contribution in [0.4, 0.5) is 0 Å². The quantitative estimate of drug-likeness (QED) is 0.814. The number of aryl methyl sites for hydroxylation is 2. The van der Waals surface area contributed by atoms with Crippen LogP contribution in [0, 0.1) is 6.92 Å². The normalized spacial score (nSPS) is 10.6. The van der Waals surface area contributed by atoms with Crippen LogP contribution in [0.2, 0.25) is 0 Å². The van der Waals surface area contributed by atoms with Gasteiger partial charge in [0.2, 0.25) is 0 Å². The highest BCUT2D eigenvalue weighted by Crippen LogP contribution is 2.17. The Balaban J connectivity index is 2.09. The lowest BCUT2D eigenvalue weighted by molar-refractivity contribution is -0.143. The summed E-state index contributed by atoms with van der Waals surface area (Å²) in [7, 11) is 0. The number of ether oxygens (including phenoxy) is 1. The van der Waals surface area contributed by atoms with E-state index in [0.29, 0.717) is 19.6 Å². The van der Waals surface area contributed by atoms with Gasteiger partial charge in [0.05, 0.1) is 19.4 Å². The molecule has 0 spiro atoms. The van der Waals surface area contributed by atoms with Crippen LogP contribution in [-0.2, 0) is 16.1 Å².